The van der Waals surface area contributed by atoms with Gasteiger partial charge in [0.05, 0.1) is 50.4 Å². The summed E-state index contributed by atoms with van der Waals surface area (Å²) < 4.78 is 8.05. The van der Waals surface area contributed by atoms with Gasteiger partial charge in [0.2, 0.25) is 5.88 Å². The van der Waals surface area contributed by atoms with E-state index in [2.05, 4.69) is 25.6 Å². The third-order valence-corrected chi connectivity index (χ3v) is 6.60. The van der Waals surface area contributed by atoms with Crippen LogP contribution < -0.4 is 10.2 Å². The number of para-hydroxylation sites is 1. The second-order valence-corrected chi connectivity index (χ2v) is 9.47. The number of aromatic carboxylic acids is 1. The highest BCUT2D eigenvalue weighted by Crippen LogP contribution is 2.31. The molecule has 0 saturated heterocycles. The minimum atomic E-state index is -1.01. The van der Waals surface area contributed by atoms with Crippen molar-refractivity contribution in [2.24, 2.45) is 5.10 Å². The van der Waals surface area contributed by atoms with E-state index in [1.807, 2.05) is 49.4 Å². The normalized spacial score (nSPS) is 11.2. The zero-order chi connectivity index (χ0) is 29.9. The molecule has 0 atom stereocenters. The largest absolute Gasteiger partial charge is 0.478 e. The number of benzene rings is 4. The van der Waals surface area contributed by atoms with Gasteiger partial charge in [-0.15, -0.1) is 0 Å². The maximum Gasteiger partial charge on any atom is 0.335 e. The van der Waals surface area contributed by atoms with Crippen molar-refractivity contribution < 1.29 is 19.6 Å². The van der Waals surface area contributed by atoms with E-state index < -0.39 is 10.9 Å². The fraction of sp³-hybridized carbons (Fsp3) is 0.0323. The van der Waals surface area contributed by atoms with E-state index in [0.29, 0.717) is 39.9 Å². The van der Waals surface area contributed by atoms with Crippen LogP contribution in [0.25, 0.3) is 28.1 Å². The summed E-state index contributed by atoms with van der Waals surface area (Å²) in [5.41, 5.74) is 7.81. The Kier molecular flexibility index (Phi) is 7.06. The number of aryl methyl sites for hydroxylation is 1. The number of hydrogen-bond donors (Lipinski definition) is 3. The molecule has 2 aromatic heterocycles. The van der Waals surface area contributed by atoms with E-state index in [1.165, 1.54) is 24.3 Å². The number of nitrogens with zero attached hydrogens (tertiary/aromatic N) is 5. The van der Waals surface area contributed by atoms with Crippen LogP contribution >= 0.6 is 0 Å². The maximum absolute atomic E-state index is 11.3. The van der Waals surface area contributed by atoms with Crippen molar-refractivity contribution in [3.63, 3.8) is 0 Å². The Balaban J connectivity index is 1.28. The molecule has 0 amide bonds. The van der Waals surface area contributed by atoms with E-state index in [1.54, 1.807) is 41.2 Å². The molecule has 3 N–H and O–H groups in total. The SMILES string of the molecule is Cc1nn(-c2ccccc2)c(Oc2ccc(-c3nc4cc(C(=O)O)ccc4[nH]3)cc2)c1/C=N/Nc1ccc([N+](=O)[O-])cc1. The predicted molar refractivity (Wildman–Crippen MR) is 161 cm³/mol. The Morgan fingerprint density at radius 2 is 1.79 bits per heavy atom. The van der Waals surface area contributed by atoms with Crippen molar-refractivity contribution in [2.75, 3.05) is 5.43 Å². The molecule has 0 spiro atoms. The summed E-state index contributed by atoms with van der Waals surface area (Å²) in [6.45, 7) is 1.85. The Bertz CT molecular complexity index is 1980. The molecule has 43 heavy (non-hydrogen) atoms. The van der Waals surface area contributed by atoms with E-state index in [0.717, 1.165) is 16.8 Å². The molecule has 4 aromatic carbocycles. The number of fused-ring (bicyclic) bond motifs is 1. The van der Waals surface area contributed by atoms with Gasteiger partial charge in [-0.05, 0) is 73.7 Å². The summed E-state index contributed by atoms with van der Waals surface area (Å²) in [6, 6.07) is 27.5. The topological polar surface area (TPSA) is 161 Å². The molecule has 0 bridgehead atoms. The van der Waals surface area contributed by atoms with Crippen molar-refractivity contribution in [3.8, 4) is 28.7 Å². The Labute approximate surface area is 244 Å². The van der Waals surface area contributed by atoms with Gasteiger partial charge in [-0.25, -0.2) is 9.78 Å². The first-order valence-corrected chi connectivity index (χ1v) is 13.1. The van der Waals surface area contributed by atoms with Gasteiger partial charge in [-0.2, -0.15) is 14.9 Å². The molecule has 6 rings (SSSR count). The third kappa shape index (κ3) is 5.65. The molecule has 0 fully saturated rings. The standard InChI is InChI=1S/C31H23N7O5/c1-19-26(18-32-35-22-10-12-24(13-11-22)38(41)42)30(37(36-19)23-5-3-2-4-6-23)43-25-14-7-20(8-15-25)29-33-27-16-9-21(31(39)40)17-28(27)34-29/h2-18,35H,1H3,(H,33,34)(H,39,40)/b32-18+. The molecular weight excluding hydrogens is 550 g/mol. The number of H-pyrrole nitrogens is 1. The van der Waals surface area contributed by atoms with Gasteiger partial charge in [-0.1, -0.05) is 18.2 Å². The lowest BCUT2D eigenvalue weighted by Crippen LogP contribution is -2.01. The van der Waals surface area contributed by atoms with Crippen molar-refractivity contribution >= 4 is 34.6 Å². The number of carboxylic acid groups (broad SMARTS) is 1. The lowest BCUT2D eigenvalue weighted by Gasteiger charge is -2.10. The molecule has 0 aliphatic carbocycles. The van der Waals surface area contributed by atoms with E-state index in [9.17, 15) is 20.0 Å². The summed E-state index contributed by atoms with van der Waals surface area (Å²) in [7, 11) is 0. The highest BCUT2D eigenvalue weighted by Gasteiger charge is 2.18. The average Bonchev–Trinajstić information content (AvgIpc) is 3.58. The first-order chi connectivity index (χ1) is 20.9. The summed E-state index contributed by atoms with van der Waals surface area (Å²) in [5, 5.41) is 29.2. The first kappa shape index (κ1) is 26.9. The van der Waals surface area contributed by atoms with Gasteiger partial charge in [-0.3, -0.25) is 15.5 Å². The molecule has 0 unspecified atom stereocenters. The van der Waals surface area contributed by atoms with Gasteiger partial charge >= 0.3 is 5.97 Å². The minimum Gasteiger partial charge on any atom is -0.478 e. The number of imidazole rings is 1. The number of aromatic amines is 1. The summed E-state index contributed by atoms with van der Waals surface area (Å²) in [5.74, 6) is 0.572. The summed E-state index contributed by atoms with van der Waals surface area (Å²) in [4.78, 5) is 29.5. The highest BCUT2D eigenvalue weighted by molar-refractivity contribution is 5.93. The lowest BCUT2D eigenvalue weighted by molar-refractivity contribution is -0.384. The Hall–Kier alpha value is -6.30. The van der Waals surface area contributed by atoms with Gasteiger partial charge in [0, 0.05) is 17.7 Å². The highest BCUT2D eigenvalue weighted by atomic mass is 16.6. The smallest absolute Gasteiger partial charge is 0.335 e. The molecule has 0 radical (unpaired) electrons. The van der Waals surface area contributed by atoms with Crippen LogP contribution in [0.4, 0.5) is 11.4 Å². The van der Waals surface area contributed by atoms with E-state index >= 15 is 0 Å². The first-order valence-electron chi connectivity index (χ1n) is 13.1. The van der Waals surface area contributed by atoms with Crippen molar-refractivity contribution in [1.29, 1.82) is 0 Å². The number of hydrazone groups is 1. The van der Waals surface area contributed by atoms with Crippen LogP contribution in [0.15, 0.2) is 102 Å². The molecule has 2 heterocycles. The molecule has 6 aromatic rings. The van der Waals surface area contributed by atoms with Crippen LogP contribution in [-0.2, 0) is 0 Å². The molecule has 0 saturated carbocycles. The number of rotatable bonds is 9. The monoisotopic (exact) mass is 573 g/mol. The van der Waals surface area contributed by atoms with Crippen molar-refractivity contribution in [2.45, 2.75) is 6.92 Å². The number of aromatic nitrogens is 4. The lowest BCUT2D eigenvalue weighted by atomic mass is 10.2. The van der Waals surface area contributed by atoms with Gasteiger partial charge in [0.1, 0.15) is 11.6 Å². The Morgan fingerprint density at radius 3 is 2.49 bits per heavy atom. The second kappa shape index (κ2) is 11.3. The fourth-order valence-electron chi connectivity index (χ4n) is 4.41. The molecule has 12 nitrogen and oxygen atoms in total. The maximum atomic E-state index is 11.3. The zero-order valence-electron chi connectivity index (χ0n) is 22.6. The molecule has 0 aliphatic heterocycles. The molecule has 0 aliphatic rings. The van der Waals surface area contributed by atoms with Crippen LogP contribution in [0.1, 0.15) is 21.6 Å². The summed E-state index contributed by atoms with van der Waals surface area (Å²) in [6.07, 6.45) is 1.59. The van der Waals surface area contributed by atoms with Crippen LogP contribution in [-0.4, -0.2) is 42.0 Å². The van der Waals surface area contributed by atoms with Crippen molar-refractivity contribution in [1.82, 2.24) is 19.7 Å². The number of non-ortho nitro benzene ring substituents is 1. The second-order valence-electron chi connectivity index (χ2n) is 9.47. The molecule has 12 heteroatoms. The van der Waals surface area contributed by atoms with Crippen LogP contribution in [0.2, 0.25) is 0 Å². The number of hydrogen-bond acceptors (Lipinski definition) is 8. The minimum absolute atomic E-state index is 0.0103. The predicted octanol–water partition coefficient (Wildman–Crippen LogP) is 6.57. The van der Waals surface area contributed by atoms with Gasteiger partial charge < -0.3 is 14.8 Å². The van der Waals surface area contributed by atoms with Crippen LogP contribution in [0.5, 0.6) is 11.6 Å². The number of ether oxygens (including phenoxy) is 1. The number of nitro groups is 1. The zero-order valence-corrected chi connectivity index (χ0v) is 22.6. The van der Waals surface area contributed by atoms with Crippen LogP contribution in [0, 0.1) is 17.0 Å². The number of nitro benzene ring substituents is 1. The van der Waals surface area contributed by atoms with E-state index in [4.69, 9.17) is 4.74 Å². The third-order valence-electron chi connectivity index (χ3n) is 6.60. The fourth-order valence-corrected chi connectivity index (χ4v) is 4.41. The van der Waals surface area contributed by atoms with Gasteiger partial charge in [0.25, 0.3) is 5.69 Å². The average molecular weight is 574 g/mol. The number of carboxylic acids is 1. The molecular formula is C31H23N7O5. The number of anilines is 1. The Morgan fingerprint density at radius 1 is 1.05 bits per heavy atom. The van der Waals surface area contributed by atoms with Gasteiger partial charge in [0.15, 0.2) is 0 Å². The van der Waals surface area contributed by atoms with Crippen molar-refractivity contribution in [3.05, 3.63) is 124 Å². The van der Waals surface area contributed by atoms with Crippen LogP contribution in [0.3, 0.4) is 0 Å². The molecule has 212 valence electrons. The quantitative estimate of drug-likeness (QED) is 0.0994. The van der Waals surface area contributed by atoms with E-state index in [-0.39, 0.29) is 11.3 Å². The number of nitrogens with one attached hydrogen (secondary N) is 2. The number of carbonyl (C=O) groups is 1. The summed E-state index contributed by atoms with van der Waals surface area (Å²) >= 11 is 0.